The van der Waals surface area contributed by atoms with Crippen LogP contribution in [0.2, 0.25) is 22.7 Å². The highest BCUT2D eigenvalue weighted by Crippen LogP contribution is 2.43. The Morgan fingerprint density at radius 1 is 0.818 bits per heavy atom. The van der Waals surface area contributed by atoms with Crippen LogP contribution in [0.1, 0.15) is 80.6 Å². The van der Waals surface area contributed by atoms with Crippen molar-refractivity contribution < 1.29 is 27.6 Å². The van der Waals surface area contributed by atoms with Gasteiger partial charge in [-0.3, -0.25) is 0 Å². The van der Waals surface area contributed by atoms with Crippen molar-refractivity contribution >= 4 is 23.1 Å². The number of nitrogens with zero attached hydrogens (tertiary/aromatic N) is 1. The molecule has 198 valence electrons. The highest BCUT2D eigenvalue weighted by Gasteiger charge is 2.48. The predicted octanol–water partition coefficient (Wildman–Crippen LogP) is 5.78. The number of aliphatic carboxylic acids is 1. The minimum Gasteiger partial charge on any atom is -0.479 e. The van der Waals surface area contributed by atoms with Gasteiger partial charge in [-0.25, -0.2) is 4.79 Å². The summed E-state index contributed by atoms with van der Waals surface area (Å²) in [5.41, 5.74) is 1.03. The van der Waals surface area contributed by atoms with Gasteiger partial charge in [0, 0.05) is 33.9 Å². The number of unbranched alkanes of at least 4 members (excludes halogenated alkanes) is 3. The Balaban J connectivity index is 5.54. The fraction of sp³-hybridized carbons (Fsp3) is 0.958. The fourth-order valence-electron chi connectivity index (χ4n) is 5.19. The van der Waals surface area contributed by atoms with Gasteiger partial charge in [-0.15, -0.1) is 0 Å². The van der Waals surface area contributed by atoms with Crippen molar-refractivity contribution in [3.8, 4) is 0 Å². The van der Waals surface area contributed by atoms with Crippen LogP contribution in [0.4, 0.5) is 0 Å². The first-order valence-corrected chi connectivity index (χ1v) is 16.8. The largest absolute Gasteiger partial charge is 0.500 e. The molecular weight excluding hydrogens is 454 g/mol. The lowest BCUT2D eigenvalue weighted by Gasteiger charge is -2.44. The standard InChI is InChI=1S/C24H53NO6Si2/c1-11-12-13-14-16-25(17-15-18-32(28-8,29-9)30-10)19-23(24(26)27)31-33(20(2)3,21(4)5)22(6)7/h20-23H,11-19H2,1-10H3,(H,26,27). The molecule has 9 heteroatoms. The minimum atomic E-state index is -2.64. The Labute approximate surface area is 206 Å². The molecule has 0 aromatic rings. The first-order chi connectivity index (χ1) is 15.5. The second-order valence-corrected chi connectivity index (χ2v) is 18.5. The van der Waals surface area contributed by atoms with Crippen LogP contribution in [0.15, 0.2) is 0 Å². The average molecular weight is 508 g/mol. The number of carbonyl (C=O) groups is 1. The van der Waals surface area contributed by atoms with Gasteiger partial charge in [-0.1, -0.05) is 67.7 Å². The molecular formula is C24H53NO6Si2. The third kappa shape index (κ3) is 10.1. The molecule has 0 aromatic carbocycles. The van der Waals surface area contributed by atoms with E-state index in [0.29, 0.717) is 29.2 Å². The zero-order chi connectivity index (χ0) is 25.7. The molecule has 0 saturated carbocycles. The van der Waals surface area contributed by atoms with Crippen LogP contribution in [0.3, 0.4) is 0 Å². The van der Waals surface area contributed by atoms with E-state index in [0.717, 1.165) is 32.4 Å². The van der Waals surface area contributed by atoms with Gasteiger partial charge >= 0.3 is 14.8 Å². The quantitative estimate of drug-likeness (QED) is 0.165. The summed E-state index contributed by atoms with van der Waals surface area (Å²) in [5, 5.41) is 10.1. The molecule has 0 bridgehead atoms. The van der Waals surface area contributed by atoms with E-state index >= 15 is 0 Å². The molecule has 7 nitrogen and oxygen atoms in total. The number of carboxylic acids is 1. The predicted molar refractivity (Wildman–Crippen MR) is 140 cm³/mol. The molecule has 1 unspecified atom stereocenters. The topological polar surface area (TPSA) is 77.5 Å². The summed E-state index contributed by atoms with van der Waals surface area (Å²) >= 11 is 0. The van der Waals surface area contributed by atoms with Crippen LogP contribution in [0.25, 0.3) is 0 Å². The van der Waals surface area contributed by atoms with Crippen molar-refractivity contribution in [1.29, 1.82) is 0 Å². The number of rotatable bonds is 20. The van der Waals surface area contributed by atoms with E-state index in [1.165, 1.54) is 12.8 Å². The van der Waals surface area contributed by atoms with Gasteiger partial charge < -0.3 is 27.7 Å². The van der Waals surface area contributed by atoms with E-state index < -0.39 is 29.2 Å². The lowest BCUT2D eigenvalue weighted by molar-refractivity contribution is -0.146. The summed E-state index contributed by atoms with van der Waals surface area (Å²) in [6.45, 7) is 17.4. The Kier molecular flexibility index (Phi) is 16.2. The molecule has 33 heavy (non-hydrogen) atoms. The molecule has 0 amide bonds. The number of carboxylic acid groups (broad SMARTS) is 1. The van der Waals surface area contributed by atoms with Crippen LogP contribution in [0, 0.1) is 0 Å². The molecule has 1 N–H and O–H groups in total. The Morgan fingerprint density at radius 3 is 1.70 bits per heavy atom. The van der Waals surface area contributed by atoms with Gasteiger partial charge in [0.25, 0.3) is 0 Å². The third-order valence-corrected chi connectivity index (χ3v) is 15.9. The van der Waals surface area contributed by atoms with Gasteiger partial charge in [0.15, 0.2) is 6.10 Å². The van der Waals surface area contributed by atoms with Gasteiger partial charge in [-0.2, -0.15) is 0 Å². The zero-order valence-electron chi connectivity index (χ0n) is 23.1. The van der Waals surface area contributed by atoms with E-state index in [-0.39, 0.29) is 0 Å². The van der Waals surface area contributed by atoms with E-state index in [4.69, 9.17) is 17.7 Å². The normalized spacial score (nSPS) is 14.1. The van der Waals surface area contributed by atoms with Crippen molar-refractivity contribution in [2.24, 2.45) is 0 Å². The second-order valence-electron chi connectivity index (χ2n) is 10.0. The molecule has 0 saturated heterocycles. The van der Waals surface area contributed by atoms with Crippen LogP contribution in [-0.2, 0) is 22.5 Å². The maximum absolute atomic E-state index is 12.3. The molecule has 1 atom stereocenters. The highest BCUT2D eigenvalue weighted by molar-refractivity contribution is 6.77. The summed E-state index contributed by atoms with van der Waals surface area (Å²) in [6, 6.07) is 0.698. The molecule has 0 aliphatic heterocycles. The third-order valence-electron chi connectivity index (χ3n) is 6.97. The molecule has 0 rings (SSSR count). The SMILES string of the molecule is CCCCCCN(CCC[Si](OC)(OC)OC)CC(O[Si](C(C)C)(C(C)C)C(C)C)C(=O)O. The smallest absolute Gasteiger partial charge is 0.479 e. The van der Waals surface area contributed by atoms with Gasteiger partial charge in [0.2, 0.25) is 8.32 Å². The van der Waals surface area contributed by atoms with Crippen LogP contribution in [0.5, 0.6) is 0 Å². The summed E-state index contributed by atoms with van der Waals surface area (Å²) in [7, 11) is -0.0567. The first-order valence-electron chi connectivity index (χ1n) is 12.7. The molecule has 0 radical (unpaired) electrons. The Morgan fingerprint density at radius 2 is 1.30 bits per heavy atom. The van der Waals surface area contributed by atoms with Crippen LogP contribution in [-0.4, -0.2) is 80.2 Å². The fourth-order valence-corrected chi connectivity index (χ4v) is 12.4. The number of hydrogen-bond acceptors (Lipinski definition) is 6. The summed E-state index contributed by atoms with van der Waals surface area (Å²) in [5.74, 6) is -0.859. The van der Waals surface area contributed by atoms with Crippen molar-refractivity contribution in [2.75, 3.05) is 41.0 Å². The van der Waals surface area contributed by atoms with E-state index in [2.05, 4.69) is 53.4 Å². The highest BCUT2D eigenvalue weighted by atomic mass is 28.4. The molecule has 0 aliphatic carbocycles. The van der Waals surface area contributed by atoms with Crippen molar-refractivity contribution in [3.63, 3.8) is 0 Å². The molecule has 0 fully saturated rings. The monoisotopic (exact) mass is 507 g/mol. The minimum absolute atomic E-state index is 0.342. The van der Waals surface area contributed by atoms with Crippen molar-refractivity contribution in [3.05, 3.63) is 0 Å². The van der Waals surface area contributed by atoms with E-state index in [1.54, 1.807) is 21.3 Å². The summed E-state index contributed by atoms with van der Waals surface area (Å²) in [4.78, 5) is 14.6. The maximum atomic E-state index is 12.3. The Bertz CT molecular complexity index is 499. The van der Waals surface area contributed by atoms with Crippen LogP contribution >= 0.6 is 0 Å². The van der Waals surface area contributed by atoms with Gasteiger partial charge in [-0.05, 0) is 42.6 Å². The Hall–Kier alpha value is -0.296. The molecule has 0 aromatic heterocycles. The first kappa shape index (κ1) is 32.7. The average Bonchev–Trinajstić information content (AvgIpc) is 2.75. The van der Waals surface area contributed by atoms with Crippen molar-refractivity contribution in [1.82, 2.24) is 4.90 Å². The lowest BCUT2D eigenvalue weighted by Crippen LogP contribution is -2.54. The van der Waals surface area contributed by atoms with Gasteiger partial charge in [0.1, 0.15) is 0 Å². The summed E-state index contributed by atoms with van der Waals surface area (Å²) in [6.07, 6.45) is 4.59. The lowest BCUT2D eigenvalue weighted by atomic mass is 10.2. The van der Waals surface area contributed by atoms with Crippen molar-refractivity contribution in [2.45, 2.75) is 109 Å². The molecule has 0 spiro atoms. The van der Waals surface area contributed by atoms with Crippen LogP contribution < -0.4 is 0 Å². The second kappa shape index (κ2) is 16.4. The van der Waals surface area contributed by atoms with E-state index in [9.17, 15) is 9.90 Å². The van der Waals surface area contributed by atoms with Gasteiger partial charge in [0.05, 0.1) is 0 Å². The number of hydrogen-bond donors (Lipinski definition) is 1. The molecule has 0 aliphatic rings. The zero-order valence-corrected chi connectivity index (χ0v) is 25.1. The van der Waals surface area contributed by atoms with E-state index in [1.807, 2.05) is 0 Å². The summed E-state index contributed by atoms with van der Waals surface area (Å²) < 4.78 is 23.4. The molecule has 0 heterocycles. The maximum Gasteiger partial charge on any atom is 0.500 e.